The van der Waals surface area contributed by atoms with Gasteiger partial charge in [-0.25, -0.2) is 4.68 Å². The van der Waals surface area contributed by atoms with Gasteiger partial charge in [-0.2, -0.15) is 5.10 Å². The van der Waals surface area contributed by atoms with Crippen LogP contribution in [-0.4, -0.2) is 16.4 Å². The topological polar surface area (TPSA) is 53.1 Å². The first-order valence-electron chi connectivity index (χ1n) is 6.44. The SMILES string of the molecule is CCCC(C)COc1c(N)c(C)nn1C(C)C. The lowest BCUT2D eigenvalue weighted by molar-refractivity contribution is 0.226. The Morgan fingerprint density at radius 1 is 1.35 bits per heavy atom. The fourth-order valence-corrected chi connectivity index (χ4v) is 1.83. The standard InChI is InChI=1S/C13H25N3O/c1-6-7-10(4)8-17-13-12(14)11(5)15-16(13)9(2)3/h9-10H,6-8,14H2,1-5H3. The first kappa shape index (κ1) is 13.9. The summed E-state index contributed by atoms with van der Waals surface area (Å²) >= 11 is 0. The lowest BCUT2D eigenvalue weighted by atomic mass is 10.1. The van der Waals surface area contributed by atoms with E-state index in [0.29, 0.717) is 18.2 Å². The number of hydrogen-bond acceptors (Lipinski definition) is 3. The zero-order valence-corrected chi connectivity index (χ0v) is 11.7. The van der Waals surface area contributed by atoms with Crippen LogP contribution in [-0.2, 0) is 0 Å². The molecule has 0 amide bonds. The number of aryl methyl sites for hydroxylation is 1. The van der Waals surface area contributed by atoms with E-state index in [-0.39, 0.29) is 6.04 Å². The van der Waals surface area contributed by atoms with Crippen LogP contribution in [0.3, 0.4) is 0 Å². The third kappa shape index (κ3) is 3.38. The number of ether oxygens (including phenoxy) is 1. The zero-order chi connectivity index (χ0) is 13.0. The molecule has 1 aromatic rings. The predicted molar refractivity (Wildman–Crippen MR) is 71.3 cm³/mol. The Morgan fingerprint density at radius 2 is 2.00 bits per heavy atom. The molecule has 1 rings (SSSR count). The molecule has 0 bridgehead atoms. The summed E-state index contributed by atoms with van der Waals surface area (Å²) in [6, 6.07) is 0.266. The summed E-state index contributed by atoms with van der Waals surface area (Å²) in [5.41, 5.74) is 7.51. The zero-order valence-electron chi connectivity index (χ0n) is 11.7. The maximum absolute atomic E-state index is 5.99. The van der Waals surface area contributed by atoms with Gasteiger partial charge in [0.1, 0.15) is 5.69 Å². The Bertz CT molecular complexity index is 358. The van der Waals surface area contributed by atoms with E-state index in [2.05, 4.69) is 32.8 Å². The van der Waals surface area contributed by atoms with Gasteiger partial charge in [-0.3, -0.25) is 0 Å². The highest BCUT2D eigenvalue weighted by atomic mass is 16.5. The van der Waals surface area contributed by atoms with Gasteiger partial charge < -0.3 is 10.5 Å². The molecular formula is C13H25N3O. The van der Waals surface area contributed by atoms with E-state index in [1.54, 1.807) is 0 Å². The van der Waals surface area contributed by atoms with Crippen LogP contribution in [0, 0.1) is 12.8 Å². The van der Waals surface area contributed by atoms with Crippen molar-refractivity contribution in [3.05, 3.63) is 5.69 Å². The molecule has 0 aliphatic rings. The van der Waals surface area contributed by atoms with Crippen molar-refractivity contribution in [3.8, 4) is 5.88 Å². The lowest BCUT2D eigenvalue weighted by Gasteiger charge is -2.15. The van der Waals surface area contributed by atoms with E-state index in [4.69, 9.17) is 10.5 Å². The highest BCUT2D eigenvalue weighted by molar-refractivity contribution is 5.52. The number of aromatic nitrogens is 2. The van der Waals surface area contributed by atoms with E-state index in [1.165, 1.54) is 12.8 Å². The van der Waals surface area contributed by atoms with Crippen molar-refractivity contribution in [3.63, 3.8) is 0 Å². The Hall–Kier alpha value is -1.19. The van der Waals surface area contributed by atoms with E-state index in [1.807, 2.05) is 11.6 Å². The predicted octanol–water partition coefficient (Wildman–Crippen LogP) is 3.17. The minimum Gasteiger partial charge on any atom is -0.476 e. The van der Waals surface area contributed by atoms with Gasteiger partial charge in [-0.1, -0.05) is 20.3 Å². The van der Waals surface area contributed by atoms with Crippen LogP contribution in [0.15, 0.2) is 0 Å². The highest BCUT2D eigenvalue weighted by Gasteiger charge is 2.16. The molecule has 1 atom stereocenters. The van der Waals surface area contributed by atoms with Crippen molar-refractivity contribution in [1.29, 1.82) is 0 Å². The van der Waals surface area contributed by atoms with Gasteiger partial charge in [0, 0.05) is 0 Å². The molecular weight excluding hydrogens is 214 g/mol. The molecule has 0 saturated heterocycles. The number of anilines is 1. The second kappa shape index (κ2) is 5.94. The molecule has 0 spiro atoms. The van der Waals surface area contributed by atoms with Gasteiger partial charge in [0.2, 0.25) is 5.88 Å². The Kier molecular flexibility index (Phi) is 4.85. The molecule has 0 aliphatic heterocycles. The monoisotopic (exact) mass is 239 g/mol. The number of nitrogen functional groups attached to an aromatic ring is 1. The minimum absolute atomic E-state index is 0.266. The summed E-state index contributed by atoms with van der Waals surface area (Å²) in [7, 11) is 0. The van der Waals surface area contributed by atoms with Gasteiger partial charge >= 0.3 is 0 Å². The van der Waals surface area contributed by atoms with E-state index in [9.17, 15) is 0 Å². The first-order chi connectivity index (χ1) is 7.97. The third-order valence-corrected chi connectivity index (χ3v) is 2.86. The fraction of sp³-hybridized carbons (Fsp3) is 0.769. The summed E-state index contributed by atoms with van der Waals surface area (Å²) in [6.07, 6.45) is 2.36. The molecule has 1 unspecified atom stereocenters. The van der Waals surface area contributed by atoms with Crippen LogP contribution in [0.5, 0.6) is 5.88 Å². The van der Waals surface area contributed by atoms with Crippen molar-refractivity contribution < 1.29 is 4.74 Å². The summed E-state index contributed by atoms with van der Waals surface area (Å²) in [5.74, 6) is 1.27. The summed E-state index contributed by atoms with van der Waals surface area (Å²) in [4.78, 5) is 0. The molecule has 0 fully saturated rings. The van der Waals surface area contributed by atoms with Crippen molar-refractivity contribution in [2.75, 3.05) is 12.3 Å². The fourth-order valence-electron chi connectivity index (χ4n) is 1.83. The second-order valence-corrected chi connectivity index (χ2v) is 5.05. The normalized spacial score (nSPS) is 13.1. The highest BCUT2D eigenvalue weighted by Crippen LogP contribution is 2.28. The van der Waals surface area contributed by atoms with Crippen LogP contribution in [0.2, 0.25) is 0 Å². The number of hydrogen-bond donors (Lipinski definition) is 1. The van der Waals surface area contributed by atoms with Crippen molar-refractivity contribution >= 4 is 5.69 Å². The van der Waals surface area contributed by atoms with E-state index < -0.39 is 0 Å². The smallest absolute Gasteiger partial charge is 0.236 e. The van der Waals surface area contributed by atoms with Crippen molar-refractivity contribution in [2.24, 2.45) is 5.92 Å². The van der Waals surface area contributed by atoms with Gasteiger partial charge in [0.25, 0.3) is 0 Å². The number of nitrogens with zero attached hydrogens (tertiary/aromatic N) is 2. The van der Waals surface area contributed by atoms with E-state index in [0.717, 1.165) is 11.6 Å². The van der Waals surface area contributed by atoms with Crippen molar-refractivity contribution in [1.82, 2.24) is 9.78 Å². The third-order valence-electron chi connectivity index (χ3n) is 2.86. The number of nitrogens with two attached hydrogens (primary N) is 1. The maximum atomic E-state index is 5.99. The van der Waals surface area contributed by atoms with Crippen LogP contribution < -0.4 is 10.5 Å². The quantitative estimate of drug-likeness (QED) is 0.829. The van der Waals surface area contributed by atoms with Crippen molar-refractivity contribution in [2.45, 2.75) is 53.5 Å². The van der Waals surface area contributed by atoms with E-state index >= 15 is 0 Å². The van der Waals surface area contributed by atoms with Gasteiger partial charge in [0.15, 0.2) is 0 Å². The largest absolute Gasteiger partial charge is 0.476 e. The summed E-state index contributed by atoms with van der Waals surface area (Å²) < 4.78 is 7.70. The Labute approximate surface area is 104 Å². The molecule has 0 aromatic carbocycles. The van der Waals surface area contributed by atoms with Crippen LogP contribution in [0.1, 0.15) is 52.3 Å². The molecule has 98 valence electrons. The molecule has 1 aromatic heterocycles. The molecule has 2 N–H and O–H groups in total. The molecule has 0 saturated carbocycles. The van der Waals surface area contributed by atoms with Crippen LogP contribution in [0.25, 0.3) is 0 Å². The van der Waals surface area contributed by atoms with Gasteiger partial charge in [0.05, 0.1) is 18.3 Å². The van der Waals surface area contributed by atoms with Gasteiger partial charge in [-0.05, 0) is 33.1 Å². The summed E-state index contributed by atoms with van der Waals surface area (Å²) in [5, 5.41) is 4.40. The summed E-state index contributed by atoms with van der Waals surface area (Å²) in [6.45, 7) is 11.2. The lowest BCUT2D eigenvalue weighted by Crippen LogP contribution is -2.13. The van der Waals surface area contributed by atoms with Gasteiger partial charge in [-0.15, -0.1) is 0 Å². The molecule has 4 nitrogen and oxygen atoms in total. The maximum Gasteiger partial charge on any atom is 0.236 e. The van der Waals surface area contributed by atoms with Crippen LogP contribution >= 0.6 is 0 Å². The number of rotatable bonds is 6. The average Bonchev–Trinajstić information content (AvgIpc) is 2.54. The Balaban J connectivity index is 2.75. The molecule has 1 heterocycles. The molecule has 4 heteroatoms. The molecule has 0 aliphatic carbocycles. The molecule has 0 radical (unpaired) electrons. The minimum atomic E-state index is 0.266. The average molecular weight is 239 g/mol. The van der Waals surface area contributed by atoms with Crippen LogP contribution in [0.4, 0.5) is 5.69 Å². The second-order valence-electron chi connectivity index (χ2n) is 5.05. The Morgan fingerprint density at radius 3 is 2.53 bits per heavy atom. The molecule has 17 heavy (non-hydrogen) atoms. The first-order valence-corrected chi connectivity index (χ1v) is 6.44.